The van der Waals surface area contributed by atoms with Crippen LogP contribution in [0, 0.1) is 0 Å². The zero-order chi connectivity index (χ0) is 22.4. The number of allylic oxidation sites excluding steroid dienone is 1. The Morgan fingerprint density at radius 1 is 1.17 bits per heavy atom. The van der Waals surface area contributed by atoms with Gasteiger partial charge < -0.3 is 25.2 Å². The van der Waals surface area contributed by atoms with Crippen molar-refractivity contribution in [3.05, 3.63) is 47.6 Å². The summed E-state index contributed by atoms with van der Waals surface area (Å²) in [4.78, 5) is 21.7. The van der Waals surface area contributed by atoms with Crippen LogP contribution in [0.5, 0.6) is 0 Å². The lowest BCUT2D eigenvalue weighted by Gasteiger charge is -2.43. The third-order valence-electron chi connectivity index (χ3n) is 4.65. The van der Waals surface area contributed by atoms with Crippen LogP contribution in [0.4, 0.5) is 5.82 Å². The number of ether oxygens (including phenoxy) is 1. The third-order valence-corrected chi connectivity index (χ3v) is 4.65. The van der Waals surface area contributed by atoms with E-state index in [9.17, 15) is 25.2 Å². The first kappa shape index (κ1) is 23.4. The largest absolute Gasteiger partial charge is 0.479 e. The van der Waals surface area contributed by atoms with E-state index in [1.807, 2.05) is 19.9 Å². The van der Waals surface area contributed by atoms with Gasteiger partial charge in [0.2, 0.25) is 0 Å². The van der Waals surface area contributed by atoms with Crippen molar-refractivity contribution >= 4 is 29.8 Å². The maximum atomic E-state index is 11.5. The summed E-state index contributed by atoms with van der Waals surface area (Å²) < 4.78 is 5.52. The Kier molecular flexibility index (Phi) is 8.01. The number of anilines is 1. The number of hydrogen-bond donors (Lipinski definition) is 4. The molecule has 0 aromatic carbocycles. The average Bonchev–Trinajstić information content (AvgIpc) is 2.73. The second-order valence-electron chi connectivity index (χ2n) is 6.52. The molecular weight excluding hydrogens is 390 g/mol. The summed E-state index contributed by atoms with van der Waals surface area (Å²) in [6.45, 7) is 9.03. The van der Waals surface area contributed by atoms with Crippen LogP contribution >= 0.6 is 0 Å². The number of aliphatic hydroxyl groups is 3. The smallest absolute Gasteiger partial charge is 0.335 e. The average molecular weight is 417 g/mol. The van der Waals surface area contributed by atoms with Gasteiger partial charge in [0.05, 0.1) is 5.35 Å². The molecule has 1 saturated heterocycles. The minimum absolute atomic E-state index is 0.243. The lowest BCUT2D eigenvalue weighted by atomic mass is 9.97. The summed E-state index contributed by atoms with van der Waals surface area (Å²) in [7, 11) is 0. The zero-order valence-corrected chi connectivity index (χ0v) is 17.1. The second-order valence-corrected chi connectivity index (χ2v) is 6.52. The zero-order valence-electron chi connectivity index (χ0n) is 17.1. The molecular formula is C21H27N3O6. The molecule has 5 atom stereocenters. The molecule has 9 nitrogen and oxygen atoms in total. The number of carboxylic acid groups (broad SMARTS) is 1. The van der Waals surface area contributed by atoms with Crippen molar-refractivity contribution in [2.45, 2.75) is 51.4 Å². The van der Waals surface area contributed by atoms with Gasteiger partial charge in [0, 0.05) is 6.20 Å². The molecule has 0 amide bonds. The summed E-state index contributed by atoms with van der Waals surface area (Å²) in [6, 6.07) is 3.47. The molecule has 0 saturated carbocycles. The molecule has 1 aromatic heterocycles. The number of pyridine rings is 1. The number of rotatable bonds is 5. The van der Waals surface area contributed by atoms with E-state index in [1.165, 1.54) is 11.1 Å². The van der Waals surface area contributed by atoms with Gasteiger partial charge in [-0.25, -0.2) is 14.8 Å². The highest BCUT2D eigenvalue weighted by Crippen LogP contribution is 2.27. The van der Waals surface area contributed by atoms with Gasteiger partial charge in [0.1, 0.15) is 30.0 Å². The van der Waals surface area contributed by atoms with Crippen molar-refractivity contribution < 1.29 is 30.0 Å². The van der Waals surface area contributed by atoms with Crippen LogP contribution in [-0.2, 0) is 9.53 Å². The van der Waals surface area contributed by atoms with Gasteiger partial charge in [-0.3, -0.25) is 4.90 Å². The lowest BCUT2D eigenvalue weighted by molar-refractivity contribution is -0.225. The normalized spacial score (nSPS) is 28.7. The van der Waals surface area contributed by atoms with Crippen molar-refractivity contribution in [1.82, 2.24) is 4.98 Å². The van der Waals surface area contributed by atoms with Crippen LogP contribution in [0.3, 0.4) is 0 Å². The predicted octanol–water partition coefficient (Wildman–Crippen LogP) is -0.501. The highest BCUT2D eigenvalue weighted by atomic mass is 16.6. The minimum Gasteiger partial charge on any atom is -0.479 e. The molecule has 0 unspecified atom stereocenters. The number of aromatic nitrogens is 1. The molecule has 1 aliphatic heterocycles. The highest BCUT2D eigenvalue weighted by molar-refractivity contribution is 6.05. The number of amidine groups is 1. The third kappa shape index (κ3) is 4.65. The van der Waals surface area contributed by atoms with E-state index < -0.39 is 36.6 Å². The predicted molar refractivity (Wildman–Crippen MR) is 113 cm³/mol. The van der Waals surface area contributed by atoms with Gasteiger partial charge in [0.25, 0.3) is 0 Å². The SMILES string of the molecule is C=CN=C(/C=C\C)N(c1ccc(=C/C)/c(=C\C)n1)[C@@H]1O[C@H](C(=O)O)[C@@H](O)[C@H](O)[C@H]1O. The Labute approximate surface area is 174 Å². The number of aliphatic carboxylic acids is 1. The fraction of sp³-hybridized carbons (Fsp3) is 0.381. The van der Waals surface area contributed by atoms with Crippen molar-refractivity contribution in [1.29, 1.82) is 0 Å². The molecule has 1 fully saturated rings. The van der Waals surface area contributed by atoms with Gasteiger partial charge in [0.15, 0.2) is 12.3 Å². The Bertz CT molecular complexity index is 958. The topological polar surface area (TPSA) is 136 Å². The molecule has 1 aliphatic rings. The minimum atomic E-state index is -1.80. The first-order chi connectivity index (χ1) is 14.3. The van der Waals surface area contributed by atoms with Crippen LogP contribution in [0.25, 0.3) is 12.2 Å². The fourth-order valence-corrected chi connectivity index (χ4v) is 3.17. The van der Waals surface area contributed by atoms with E-state index in [0.717, 1.165) is 5.22 Å². The summed E-state index contributed by atoms with van der Waals surface area (Å²) in [6.07, 6.45) is -0.123. The summed E-state index contributed by atoms with van der Waals surface area (Å²) >= 11 is 0. The van der Waals surface area contributed by atoms with Crippen LogP contribution in [0.15, 0.2) is 42.1 Å². The van der Waals surface area contributed by atoms with E-state index in [2.05, 4.69) is 16.6 Å². The van der Waals surface area contributed by atoms with Crippen LogP contribution in [0.1, 0.15) is 20.8 Å². The van der Waals surface area contributed by atoms with Gasteiger partial charge in [-0.1, -0.05) is 24.8 Å². The Hall–Kier alpha value is -2.85. The van der Waals surface area contributed by atoms with Crippen LogP contribution in [0.2, 0.25) is 0 Å². The molecule has 30 heavy (non-hydrogen) atoms. The number of carboxylic acids is 1. The Morgan fingerprint density at radius 3 is 2.40 bits per heavy atom. The number of nitrogens with zero attached hydrogens (tertiary/aromatic N) is 3. The van der Waals surface area contributed by atoms with Gasteiger partial charge >= 0.3 is 5.97 Å². The quantitative estimate of drug-likeness (QED) is 0.372. The van der Waals surface area contributed by atoms with Crippen molar-refractivity contribution in [3.8, 4) is 0 Å². The fourth-order valence-electron chi connectivity index (χ4n) is 3.17. The number of carbonyl (C=O) groups is 1. The Balaban J connectivity index is 2.72. The number of aliphatic imine (C=N–C) groups is 1. The molecule has 0 aliphatic carbocycles. The van der Waals surface area contributed by atoms with Gasteiger partial charge in [-0.05, 0) is 44.2 Å². The molecule has 0 spiro atoms. The van der Waals surface area contributed by atoms with Crippen LogP contribution in [-0.4, -0.2) is 67.9 Å². The van der Waals surface area contributed by atoms with Gasteiger partial charge in [-0.2, -0.15) is 0 Å². The van der Waals surface area contributed by atoms with E-state index in [0.29, 0.717) is 11.2 Å². The van der Waals surface area contributed by atoms with Crippen molar-refractivity contribution in [2.75, 3.05) is 4.90 Å². The molecule has 9 heteroatoms. The van der Waals surface area contributed by atoms with Crippen molar-refractivity contribution in [2.24, 2.45) is 4.99 Å². The maximum absolute atomic E-state index is 11.5. The number of aliphatic hydroxyl groups excluding tert-OH is 3. The first-order valence-electron chi connectivity index (χ1n) is 9.43. The standard InChI is InChI=1S/C21H27N3O6/c1-5-9-14(22-8-4)24(15-11-10-12(6-2)13(7-3)23-15)20-18(27)16(25)17(26)19(30-20)21(28)29/h5-11,16-20,25-27H,4H2,1-3H3,(H,28,29)/b9-5-,12-6-,13-7+,22-14?/t16-,17-,18+,19-,20+/m0/s1. The molecule has 0 radical (unpaired) electrons. The monoisotopic (exact) mass is 417 g/mol. The number of hydrogen-bond acceptors (Lipinski definition) is 7. The molecule has 0 bridgehead atoms. The molecule has 1 aromatic rings. The maximum Gasteiger partial charge on any atom is 0.335 e. The Morgan fingerprint density at radius 2 is 1.87 bits per heavy atom. The molecule has 2 heterocycles. The molecule has 2 rings (SSSR count). The second kappa shape index (κ2) is 10.3. The van der Waals surface area contributed by atoms with E-state index in [-0.39, 0.29) is 5.84 Å². The summed E-state index contributed by atoms with van der Waals surface area (Å²) in [5.41, 5.74) is 0. The molecule has 4 N–H and O–H groups in total. The van der Waals surface area contributed by atoms with Gasteiger partial charge in [-0.15, -0.1) is 0 Å². The first-order valence-corrected chi connectivity index (χ1v) is 9.43. The van der Waals surface area contributed by atoms with E-state index in [4.69, 9.17) is 4.74 Å². The summed E-state index contributed by atoms with van der Waals surface area (Å²) in [5.74, 6) is -0.936. The lowest BCUT2D eigenvalue weighted by Crippen LogP contribution is -2.65. The van der Waals surface area contributed by atoms with E-state index in [1.54, 1.807) is 37.3 Å². The van der Waals surface area contributed by atoms with Crippen LogP contribution < -0.4 is 15.5 Å². The van der Waals surface area contributed by atoms with E-state index >= 15 is 0 Å². The highest BCUT2D eigenvalue weighted by Gasteiger charge is 2.49. The van der Waals surface area contributed by atoms with Crippen molar-refractivity contribution in [3.63, 3.8) is 0 Å². The summed E-state index contributed by atoms with van der Waals surface area (Å²) in [5, 5.41) is 41.9. The molecule has 162 valence electrons.